The molecule has 19 heavy (non-hydrogen) atoms. The maximum Gasteiger partial charge on any atom is 0.124 e. The molecule has 1 aliphatic rings. The zero-order valence-electron chi connectivity index (χ0n) is 12.2. The van der Waals surface area contributed by atoms with Crippen molar-refractivity contribution in [1.29, 1.82) is 0 Å². The molecule has 1 saturated heterocycles. The topological polar surface area (TPSA) is 30.5 Å². The summed E-state index contributed by atoms with van der Waals surface area (Å²) < 4.78 is 11.5. The number of nitrogens with one attached hydrogen (secondary N) is 1. The molecule has 0 spiro atoms. The third kappa shape index (κ3) is 4.84. The quantitative estimate of drug-likeness (QED) is 0.905. The van der Waals surface area contributed by atoms with Crippen LogP contribution in [-0.4, -0.2) is 24.9 Å². The van der Waals surface area contributed by atoms with Crippen LogP contribution >= 0.6 is 0 Å². The average molecular weight is 263 g/mol. The number of hydrogen-bond donors (Lipinski definition) is 1. The van der Waals surface area contributed by atoms with E-state index in [-0.39, 0.29) is 5.54 Å². The lowest BCUT2D eigenvalue weighted by atomic mass is 10.1. The first kappa shape index (κ1) is 14.4. The van der Waals surface area contributed by atoms with E-state index in [0.29, 0.717) is 6.10 Å². The predicted octanol–water partition coefficient (Wildman–Crippen LogP) is 3.13. The van der Waals surface area contributed by atoms with E-state index >= 15 is 0 Å². The number of benzene rings is 1. The van der Waals surface area contributed by atoms with Gasteiger partial charge in [0.2, 0.25) is 0 Å². The summed E-state index contributed by atoms with van der Waals surface area (Å²) in [5.74, 6) is 1.01. The Bertz CT molecular complexity index is 392. The van der Waals surface area contributed by atoms with Crippen LogP contribution in [0.1, 0.15) is 39.2 Å². The van der Waals surface area contributed by atoms with Crippen molar-refractivity contribution in [2.75, 3.05) is 13.2 Å². The van der Waals surface area contributed by atoms with Gasteiger partial charge in [0.15, 0.2) is 0 Å². The van der Waals surface area contributed by atoms with Crippen molar-refractivity contribution in [2.45, 2.75) is 51.8 Å². The summed E-state index contributed by atoms with van der Waals surface area (Å²) in [6.07, 6.45) is 2.27. The molecule has 0 aliphatic carbocycles. The highest BCUT2D eigenvalue weighted by Gasteiger charge is 2.17. The molecule has 0 aromatic heterocycles. The molecule has 0 atom stereocenters. The van der Waals surface area contributed by atoms with E-state index in [1.54, 1.807) is 0 Å². The van der Waals surface area contributed by atoms with Gasteiger partial charge in [0.05, 0.1) is 13.2 Å². The van der Waals surface area contributed by atoms with Crippen molar-refractivity contribution < 1.29 is 9.47 Å². The lowest BCUT2D eigenvalue weighted by Crippen LogP contribution is -2.35. The van der Waals surface area contributed by atoms with Gasteiger partial charge in [-0.25, -0.2) is 0 Å². The van der Waals surface area contributed by atoms with Crippen molar-refractivity contribution in [3.05, 3.63) is 29.8 Å². The van der Waals surface area contributed by atoms with Crippen LogP contribution in [0.4, 0.5) is 0 Å². The Morgan fingerprint density at radius 3 is 2.58 bits per heavy atom. The summed E-state index contributed by atoms with van der Waals surface area (Å²) in [6.45, 7) is 8.99. The maximum absolute atomic E-state index is 6.13. The van der Waals surface area contributed by atoms with Crippen LogP contribution in [0.3, 0.4) is 0 Å². The van der Waals surface area contributed by atoms with E-state index in [4.69, 9.17) is 9.47 Å². The molecule has 3 nitrogen and oxygen atoms in total. The van der Waals surface area contributed by atoms with Gasteiger partial charge in [-0.1, -0.05) is 18.2 Å². The standard InChI is InChI=1S/C16H25NO2/c1-16(2,3)17-12-13-6-4-5-7-15(13)19-14-8-10-18-11-9-14/h4-7,14,17H,8-12H2,1-3H3. The Hall–Kier alpha value is -1.06. The molecule has 1 aromatic carbocycles. The van der Waals surface area contributed by atoms with E-state index in [9.17, 15) is 0 Å². The Morgan fingerprint density at radius 1 is 1.21 bits per heavy atom. The Labute approximate surface area is 116 Å². The summed E-state index contributed by atoms with van der Waals surface area (Å²) in [4.78, 5) is 0. The summed E-state index contributed by atoms with van der Waals surface area (Å²) >= 11 is 0. The first-order valence-electron chi connectivity index (χ1n) is 7.12. The maximum atomic E-state index is 6.13. The van der Waals surface area contributed by atoms with Gasteiger partial charge in [0.25, 0.3) is 0 Å². The minimum Gasteiger partial charge on any atom is -0.490 e. The van der Waals surface area contributed by atoms with E-state index in [1.165, 1.54) is 5.56 Å². The summed E-state index contributed by atoms with van der Waals surface area (Å²) in [7, 11) is 0. The van der Waals surface area contributed by atoms with Gasteiger partial charge in [0, 0.05) is 30.5 Å². The molecule has 0 amide bonds. The fourth-order valence-corrected chi connectivity index (χ4v) is 2.10. The smallest absolute Gasteiger partial charge is 0.124 e. The monoisotopic (exact) mass is 263 g/mol. The van der Waals surface area contributed by atoms with Crippen LogP contribution in [0, 0.1) is 0 Å². The highest BCUT2D eigenvalue weighted by molar-refractivity contribution is 5.33. The molecular formula is C16H25NO2. The predicted molar refractivity (Wildman–Crippen MR) is 77.5 cm³/mol. The summed E-state index contributed by atoms with van der Waals surface area (Å²) in [5.41, 5.74) is 1.34. The van der Waals surface area contributed by atoms with Crippen LogP contribution in [0.5, 0.6) is 5.75 Å². The highest BCUT2D eigenvalue weighted by atomic mass is 16.5. The van der Waals surface area contributed by atoms with Crippen molar-refractivity contribution in [1.82, 2.24) is 5.32 Å². The third-order valence-corrected chi connectivity index (χ3v) is 3.24. The number of para-hydroxylation sites is 1. The molecule has 3 heteroatoms. The normalized spacial score (nSPS) is 17.4. The van der Waals surface area contributed by atoms with E-state index in [2.05, 4.69) is 44.3 Å². The number of hydrogen-bond acceptors (Lipinski definition) is 3. The van der Waals surface area contributed by atoms with Crippen LogP contribution in [-0.2, 0) is 11.3 Å². The molecule has 1 fully saturated rings. The largest absolute Gasteiger partial charge is 0.490 e. The fraction of sp³-hybridized carbons (Fsp3) is 0.625. The van der Waals surface area contributed by atoms with Gasteiger partial charge in [-0.15, -0.1) is 0 Å². The van der Waals surface area contributed by atoms with Gasteiger partial charge < -0.3 is 14.8 Å². The van der Waals surface area contributed by atoms with Crippen LogP contribution in [0.25, 0.3) is 0 Å². The van der Waals surface area contributed by atoms with Gasteiger partial charge >= 0.3 is 0 Å². The molecule has 0 saturated carbocycles. The lowest BCUT2D eigenvalue weighted by Gasteiger charge is -2.26. The van der Waals surface area contributed by atoms with E-state index in [0.717, 1.165) is 38.3 Å². The Morgan fingerprint density at radius 2 is 1.89 bits per heavy atom. The van der Waals surface area contributed by atoms with Gasteiger partial charge in [-0.3, -0.25) is 0 Å². The van der Waals surface area contributed by atoms with Crippen molar-refractivity contribution in [3.63, 3.8) is 0 Å². The van der Waals surface area contributed by atoms with Crippen LogP contribution in [0.15, 0.2) is 24.3 Å². The first-order valence-corrected chi connectivity index (χ1v) is 7.12. The molecule has 0 bridgehead atoms. The van der Waals surface area contributed by atoms with Crippen molar-refractivity contribution >= 4 is 0 Å². The second-order valence-electron chi connectivity index (χ2n) is 6.14. The summed E-state index contributed by atoms with van der Waals surface area (Å²) in [5, 5.41) is 3.51. The second kappa shape index (κ2) is 6.40. The lowest BCUT2D eigenvalue weighted by molar-refractivity contribution is 0.0251. The first-order chi connectivity index (χ1) is 9.04. The second-order valence-corrected chi connectivity index (χ2v) is 6.14. The average Bonchev–Trinajstić information content (AvgIpc) is 2.38. The van der Waals surface area contributed by atoms with Crippen molar-refractivity contribution in [2.24, 2.45) is 0 Å². The zero-order chi connectivity index (χ0) is 13.7. The minimum absolute atomic E-state index is 0.117. The zero-order valence-corrected chi connectivity index (χ0v) is 12.2. The van der Waals surface area contributed by atoms with E-state index in [1.807, 2.05) is 6.07 Å². The molecule has 1 heterocycles. The SMILES string of the molecule is CC(C)(C)NCc1ccccc1OC1CCOCC1. The highest BCUT2D eigenvalue weighted by Crippen LogP contribution is 2.23. The minimum atomic E-state index is 0.117. The molecule has 1 N–H and O–H groups in total. The molecule has 2 rings (SSSR count). The van der Waals surface area contributed by atoms with E-state index < -0.39 is 0 Å². The van der Waals surface area contributed by atoms with Crippen molar-refractivity contribution in [3.8, 4) is 5.75 Å². The molecule has 0 radical (unpaired) electrons. The molecule has 106 valence electrons. The number of rotatable bonds is 4. The molecule has 0 unspecified atom stereocenters. The Kier molecular flexibility index (Phi) is 4.83. The van der Waals surface area contributed by atoms with Gasteiger partial charge in [-0.2, -0.15) is 0 Å². The summed E-state index contributed by atoms with van der Waals surface area (Å²) in [6, 6.07) is 8.30. The van der Waals surface area contributed by atoms with Gasteiger partial charge in [-0.05, 0) is 26.8 Å². The molecular weight excluding hydrogens is 238 g/mol. The number of ether oxygens (including phenoxy) is 2. The van der Waals surface area contributed by atoms with Crippen LogP contribution < -0.4 is 10.1 Å². The van der Waals surface area contributed by atoms with Gasteiger partial charge in [0.1, 0.15) is 11.9 Å². The van der Waals surface area contributed by atoms with Crippen LogP contribution in [0.2, 0.25) is 0 Å². The molecule has 1 aromatic rings. The Balaban J connectivity index is 1.99. The fourth-order valence-electron chi connectivity index (χ4n) is 2.10. The molecule has 1 aliphatic heterocycles. The third-order valence-electron chi connectivity index (χ3n) is 3.24.